The van der Waals surface area contributed by atoms with Crippen LogP contribution >= 0.6 is 0 Å². The highest BCUT2D eigenvalue weighted by molar-refractivity contribution is 7.92. The van der Waals surface area contributed by atoms with E-state index >= 15 is 0 Å². The second-order valence-electron chi connectivity index (χ2n) is 7.17. The molecule has 2 fully saturated rings. The molecule has 1 amide bonds. The Morgan fingerprint density at radius 1 is 1.27 bits per heavy atom. The van der Waals surface area contributed by atoms with E-state index in [2.05, 4.69) is 5.10 Å². The first kappa shape index (κ1) is 17.2. The molecular weight excluding hydrogens is 355 g/mol. The van der Waals surface area contributed by atoms with Gasteiger partial charge in [0.15, 0.2) is 0 Å². The van der Waals surface area contributed by atoms with Gasteiger partial charge in [0.2, 0.25) is 0 Å². The lowest BCUT2D eigenvalue weighted by Crippen LogP contribution is -2.54. The van der Waals surface area contributed by atoms with Crippen molar-refractivity contribution in [3.63, 3.8) is 0 Å². The number of rotatable bonds is 2. The zero-order chi connectivity index (χ0) is 18.4. The van der Waals surface area contributed by atoms with Gasteiger partial charge in [-0.05, 0) is 37.8 Å². The number of para-hydroxylation sites is 1. The van der Waals surface area contributed by atoms with Crippen molar-refractivity contribution in [3.8, 4) is 5.69 Å². The number of hydrogen-bond donors (Lipinski definition) is 1. The molecule has 1 N–H and O–H groups in total. The third kappa shape index (κ3) is 2.92. The van der Waals surface area contributed by atoms with Gasteiger partial charge in [0.25, 0.3) is 5.91 Å². The van der Waals surface area contributed by atoms with Crippen LogP contribution in [0.2, 0.25) is 0 Å². The minimum absolute atomic E-state index is 0.179. The Balaban J connectivity index is 1.63. The smallest absolute Gasteiger partial charge is 0.257 e. The van der Waals surface area contributed by atoms with Crippen LogP contribution in [0, 0.1) is 10.6 Å². The van der Waals surface area contributed by atoms with Crippen molar-refractivity contribution in [2.45, 2.75) is 31.2 Å². The van der Waals surface area contributed by atoms with Gasteiger partial charge in [0, 0.05) is 28.2 Å². The summed E-state index contributed by atoms with van der Waals surface area (Å²) in [5, 5.41) is 4.14. The standard InChI is InChI=1S/C18H21FN4O2S/c19-15-5-1-2-6-16(15)23-12-14(11-21-23)17(24)22-9-3-7-18(22)8-4-10-26(20,25)13-18/h1-2,5-6,11-12,20H,3-4,7-10,13H2. The van der Waals surface area contributed by atoms with Gasteiger partial charge in [-0.3, -0.25) is 9.57 Å². The molecule has 1 aromatic carbocycles. The molecule has 0 radical (unpaired) electrons. The fourth-order valence-corrected chi connectivity index (χ4v) is 6.30. The lowest BCUT2D eigenvalue weighted by atomic mass is 9.92. The van der Waals surface area contributed by atoms with E-state index in [4.69, 9.17) is 4.78 Å². The van der Waals surface area contributed by atoms with Gasteiger partial charge in [-0.25, -0.2) is 13.3 Å². The molecule has 0 saturated carbocycles. The molecule has 2 aliphatic rings. The molecule has 1 aromatic heterocycles. The largest absolute Gasteiger partial charge is 0.332 e. The van der Waals surface area contributed by atoms with Crippen molar-refractivity contribution in [1.82, 2.24) is 14.7 Å². The third-order valence-corrected chi connectivity index (χ3v) is 7.34. The SMILES string of the molecule is N=S1(=O)CCCC2(CCCN2C(=O)c2cnn(-c3ccccc3F)c2)C1. The summed E-state index contributed by atoms with van der Waals surface area (Å²) >= 11 is 0. The number of carbonyl (C=O) groups is 1. The maximum atomic E-state index is 13.9. The van der Waals surface area contributed by atoms with Crippen molar-refractivity contribution in [1.29, 1.82) is 4.78 Å². The van der Waals surface area contributed by atoms with Gasteiger partial charge in [0.05, 0.1) is 23.1 Å². The molecule has 3 heterocycles. The summed E-state index contributed by atoms with van der Waals surface area (Å²) < 4.78 is 35.7. The number of likely N-dealkylation sites (tertiary alicyclic amines) is 1. The number of benzene rings is 1. The lowest BCUT2D eigenvalue weighted by Gasteiger charge is -2.41. The van der Waals surface area contributed by atoms with Gasteiger partial charge in [-0.2, -0.15) is 5.10 Å². The Bertz CT molecular complexity index is 956. The number of hydrogen-bond acceptors (Lipinski definition) is 4. The third-order valence-electron chi connectivity index (χ3n) is 5.39. The van der Waals surface area contributed by atoms with Gasteiger partial charge < -0.3 is 4.90 Å². The molecule has 4 rings (SSSR count). The number of nitrogens with one attached hydrogen (secondary N) is 1. The van der Waals surface area contributed by atoms with E-state index in [9.17, 15) is 13.4 Å². The van der Waals surface area contributed by atoms with Crippen LogP contribution in [0.5, 0.6) is 0 Å². The number of halogens is 1. The highest BCUT2D eigenvalue weighted by atomic mass is 32.2. The van der Waals surface area contributed by atoms with Crippen molar-refractivity contribution in [2.75, 3.05) is 18.1 Å². The number of aromatic nitrogens is 2. The van der Waals surface area contributed by atoms with E-state index in [1.54, 1.807) is 23.1 Å². The molecule has 6 nitrogen and oxygen atoms in total. The average Bonchev–Trinajstić information content (AvgIpc) is 3.21. The Morgan fingerprint density at radius 2 is 2.04 bits per heavy atom. The zero-order valence-corrected chi connectivity index (χ0v) is 15.2. The summed E-state index contributed by atoms with van der Waals surface area (Å²) in [5.74, 6) is 0.0884. The van der Waals surface area contributed by atoms with Crippen molar-refractivity contribution in [3.05, 3.63) is 48.0 Å². The summed E-state index contributed by atoms with van der Waals surface area (Å²) in [6.45, 7) is 0.596. The van der Waals surface area contributed by atoms with Gasteiger partial charge in [0.1, 0.15) is 11.5 Å². The summed E-state index contributed by atoms with van der Waals surface area (Å²) in [7, 11) is -2.63. The molecule has 138 valence electrons. The maximum Gasteiger partial charge on any atom is 0.257 e. The summed E-state index contributed by atoms with van der Waals surface area (Å²) in [4.78, 5) is 14.9. The molecule has 0 bridgehead atoms. The Morgan fingerprint density at radius 3 is 2.81 bits per heavy atom. The second kappa shape index (κ2) is 6.19. The monoisotopic (exact) mass is 376 g/mol. The van der Waals surface area contributed by atoms with Crippen LogP contribution in [0.25, 0.3) is 5.69 Å². The first-order valence-corrected chi connectivity index (χ1v) is 10.7. The highest BCUT2D eigenvalue weighted by Crippen LogP contribution is 2.39. The number of nitrogens with zero attached hydrogens (tertiary/aromatic N) is 3. The lowest BCUT2D eigenvalue weighted by molar-refractivity contribution is 0.0609. The van der Waals surface area contributed by atoms with E-state index in [1.807, 2.05) is 0 Å². The fourth-order valence-electron chi connectivity index (χ4n) is 4.24. The molecule has 1 spiro atoms. The molecule has 8 heteroatoms. The maximum absolute atomic E-state index is 13.9. The summed E-state index contributed by atoms with van der Waals surface area (Å²) in [6.07, 6.45) is 6.12. The first-order valence-electron chi connectivity index (χ1n) is 8.76. The van der Waals surface area contributed by atoms with Crippen molar-refractivity contribution < 1.29 is 13.4 Å². The van der Waals surface area contributed by atoms with E-state index < -0.39 is 21.1 Å². The van der Waals surface area contributed by atoms with Crippen LogP contribution in [0.15, 0.2) is 36.7 Å². The Hall–Kier alpha value is -2.22. The molecule has 2 saturated heterocycles. The minimum atomic E-state index is -2.63. The topological polar surface area (TPSA) is 79.1 Å². The van der Waals surface area contributed by atoms with Crippen LogP contribution in [-0.4, -0.2) is 48.4 Å². The number of amides is 1. The van der Waals surface area contributed by atoms with Crippen LogP contribution in [0.4, 0.5) is 4.39 Å². The predicted octanol–water partition coefficient (Wildman–Crippen LogP) is 2.83. The molecule has 26 heavy (non-hydrogen) atoms. The molecular formula is C18H21FN4O2S. The Kier molecular flexibility index (Phi) is 4.10. The molecule has 2 unspecified atom stereocenters. The minimum Gasteiger partial charge on any atom is -0.332 e. The van der Waals surface area contributed by atoms with Gasteiger partial charge in [-0.15, -0.1) is 0 Å². The average molecular weight is 376 g/mol. The zero-order valence-electron chi connectivity index (χ0n) is 14.4. The number of carbonyl (C=O) groups excluding carboxylic acids is 1. The van der Waals surface area contributed by atoms with Crippen LogP contribution in [0.3, 0.4) is 0 Å². The second-order valence-corrected chi connectivity index (χ2v) is 9.49. The van der Waals surface area contributed by atoms with Gasteiger partial charge in [-0.1, -0.05) is 12.1 Å². The van der Waals surface area contributed by atoms with Crippen molar-refractivity contribution in [2.24, 2.45) is 0 Å². The first-order chi connectivity index (χ1) is 12.4. The molecule has 2 aliphatic heterocycles. The van der Waals surface area contributed by atoms with E-state index in [0.29, 0.717) is 24.3 Å². The van der Waals surface area contributed by atoms with E-state index in [0.717, 1.165) is 19.3 Å². The predicted molar refractivity (Wildman–Crippen MR) is 96.4 cm³/mol. The van der Waals surface area contributed by atoms with Gasteiger partial charge >= 0.3 is 0 Å². The van der Waals surface area contributed by atoms with Crippen LogP contribution in [0.1, 0.15) is 36.0 Å². The van der Waals surface area contributed by atoms with E-state index in [1.165, 1.54) is 23.1 Å². The molecule has 2 aromatic rings. The summed E-state index contributed by atoms with van der Waals surface area (Å²) in [5.41, 5.74) is 0.194. The van der Waals surface area contributed by atoms with Crippen LogP contribution < -0.4 is 0 Å². The molecule has 0 aliphatic carbocycles. The highest BCUT2D eigenvalue weighted by Gasteiger charge is 2.47. The fraction of sp³-hybridized carbons (Fsp3) is 0.444. The van der Waals surface area contributed by atoms with Crippen LogP contribution in [-0.2, 0) is 9.73 Å². The normalized spacial score (nSPS) is 28.6. The summed E-state index contributed by atoms with van der Waals surface area (Å²) in [6, 6.07) is 6.26. The van der Waals surface area contributed by atoms with E-state index in [-0.39, 0.29) is 17.3 Å². The quantitative estimate of drug-likeness (QED) is 0.875. The Labute approximate surface area is 152 Å². The molecule has 2 atom stereocenters. The van der Waals surface area contributed by atoms with Crippen molar-refractivity contribution >= 4 is 15.6 Å².